The van der Waals surface area contributed by atoms with E-state index in [-0.39, 0.29) is 5.97 Å². The molecule has 0 rings (SSSR count). The largest absolute Gasteiger partial charge is 0.469 e. The first-order chi connectivity index (χ1) is 4.27. The van der Waals surface area contributed by atoms with Gasteiger partial charge in [0.15, 0.2) is 0 Å². The first kappa shape index (κ1) is 15.8. The van der Waals surface area contributed by atoms with Gasteiger partial charge in [-0.15, -0.1) is 0 Å². The molecule has 0 aliphatic carbocycles. The number of methoxy groups -OCH3 is 1. The quantitative estimate of drug-likeness (QED) is 0.475. The molecule has 0 aromatic heterocycles. The number of esters is 1. The summed E-state index contributed by atoms with van der Waals surface area (Å²) in [6, 6.07) is 0. The Labute approximate surface area is 58.2 Å². The zero-order valence-electron chi connectivity index (χ0n) is 7.32. The van der Waals surface area contributed by atoms with Gasteiger partial charge in [-0.3, -0.25) is 4.79 Å². The van der Waals surface area contributed by atoms with Crippen LogP contribution in [0.5, 0.6) is 0 Å². The van der Waals surface area contributed by atoms with Crippen molar-refractivity contribution in [3.63, 3.8) is 0 Å². The van der Waals surface area contributed by atoms with Gasteiger partial charge in [0.05, 0.1) is 7.11 Å². The Hall–Kier alpha value is -0.530. The van der Waals surface area contributed by atoms with Crippen molar-refractivity contribution in [2.45, 2.75) is 34.6 Å². The summed E-state index contributed by atoms with van der Waals surface area (Å²) in [5.41, 5.74) is 0. The van der Waals surface area contributed by atoms with Gasteiger partial charge < -0.3 is 4.74 Å². The molecule has 0 heterocycles. The van der Waals surface area contributed by atoms with E-state index in [0.29, 0.717) is 0 Å². The minimum absolute atomic E-state index is 0.245. The number of hydrogen-bond acceptors (Lipinski definition) is 2. The van der Waals surface area contributed by atoms with Gasteiger partial charge in [-0.05, 0) is 0 Å². The maximum absolute atomic E-state index is 9.59. The topological polar surface area (TPSA) is 26.3 Å². The fraction of sp³-hybridized carbons (Fsp3) is 0.857. The maximum atomic E-state index is 9.59. The van der Waals surface area contributed by atoms with Crippen molar-refractivity contribution in [3.8, 4) is 0 Å². The molecule has 0 atom stereocenters. The summed E-state index contributed by atoms with van der Waals surface area (Å²) in [7, 11) is 1.35. The third kappa shape index (κ3) is 103. The molecule has 0 radical (unpaired) electrons. The van der Waals surface area contributed by atoms with Gasteiger partial charge in [0.1, 0.15) is 0 Å². The van der Waals surface area contributed by atoms with E-state index in [2.05, 4.69) is 4.74 Å². The summed E-state index contributed by atoms with van der Waals surface area (Å²) < 4.78 is 4.11. The third-order valence-corrected chi connectivity index (χ3v) is 0.287. The van der Waals surface area contributed by atoms with Crippen LogP contribution in [0.25, 0.3) is 0 Å². The monoisotopic (exact) mass is 134 g/mol. The normalized spacial score (nSPS) is 5.11. The van der Waals surface area contributed by atoms with Crippen LogP contribution < -0.4 is 0 Å². The summed E-state index contributed by atoms with van der Waals surface area (Å²) in [6.07, 6.45) is 0. The van der Waals surface area contributed by atoms with Crippen LogP contribution in [0.1, 0.15) is 34.6 Å². The highest BCUT2D eigenvalue weighted by molar-refractivity contribution is 5.65. The molecule has 58 valence electrons. The van der Waals surface area contributed by atoms with Gasteiger partial charge in [-0.1, -0.05) is 27.7 Å². The average molecular weight is 134 g/mol. The van der Waals surface area contributed by atoms with Gasteiger partial charge in [-0.25, -0.2) is 0 Å². The number of rotatable bonds is 0. The summed E-state index contributed by atoms with van der Waals surface area (Å²) in [5.74, 6) is -0.245. The summed E-state index contributed by atoms with van der Waals surface area (Å²) >= 11 is 0. The minimum atomic E-state index is -0.245. The van der Waals surface area contributed by atoms with Crippen molar-refractivity contribution in [1.29, 1.82) is 0 Å². The number of carbonyl (C=O) groups excluding carboxylic acids is 1. The standard InChI is InChI=1S/C3H6O2.2C2H6/c1-3(4)5-2;2*1-2/h1-2H3;2*1-2H3. The molecule has 0 aliphatic rings. The molecule has 9 heavy (non-hydrogen) atoms. The van der Waals surface area contributed by atoms with Crippen LogP contribution in [0.2, 0.25) is 0 Å². The van der Waals surface area contributed by atoms with Gasteiger partial charge in [-0.2, -0.15) is 0 Å². The fourth-order valence-electron chi connectivity index (χ4n) is 0. The molecular weight excluding hydrogens is 116 g/mol. The highest BCUT2D eigenvalue weighted by Gasteiger charge is 1.75. The van der Waals surface area contributed by atoms with Gasteiger partial charge in [0, 0.05) is 6.92 Å². The van der Waals surface area contributed by atoms with Crippen LogP contribution in [0, 0.1) is 0 Å². The Bertz CT molecular complexity index is 42.2. The second kappa shape index (κ2) is 26.0. The Kier molecular flexibility index (Phi) is 45.6. The molecule has 0 spiro atoms. The summed E-state index contributed by atoms with van der Waals surface area (Å²) in [5, 5.41) is 0. The maximum Gasteiger partial charge on any atom is 0.302 e. The van der Waals surface area contributed by atoms with Gasteiger partial charge in [0.25, 0.3) is 0 Å². The lowest BCUT2D eigenvalue weighted by molar-refractivity contribution is -0.137. The van der Waals surface area contributed by atoms with Crippen LogP contribution in [0.15, 0.2) is 0 Å². The molecule has 0 saturated heterocycles. The summed E-state index contributed by atoms with van der Waals surface area (Å²) in [4.78, 5) is 9.59. The van der Waals surface area contributed by atoms with E-state index in [0.717, 1.165) is 0 Å². The van der Waals surface area contributed by atoms with Crippen molar-refractivity contribution in [2.75, 3.05) is 7.11 Å². The zero-order chi connectivity index (χ0) is 8.28. The number of hydrogen-bond donors (Lipinski definition) is 0. The molecule has 0 bridgehead atoms. The van der Waals surface area contributed by atoms with Crippen LogP contribution in [-0.2, 0) is 9.53 Å². The van der Waals surface area contributed by atoms with E-state index in [1.807, 2.05) is 27.7 Å². The SMILES string of the molecule is CC.CC.COC(C)=O. The second-order valence-corrected chi connectivity index (χ2v) is 0.696. The molecule has 0 aromatic carbocycles. The lowest BCUT2D eigenvalue weighted by Crippen LogP contribution is -1.88. The number of ether oxygens (including phenoxy) is 1. The van der Waals surface area contributed by atoms with Gasteiger partial charge in [0.2, 0.25) is 0 Å². The third-order valence-electron chi connectivity index (χ3n) is 0.287. The van der Waals surface area contributed by atoms with Crippen LogP contribution >= 0.6 is 0 Å². The smallest absolute Gasteiger partial charge is 0.302 e. The van der Waals surface area contributed by atoms with Gasteiger partial charge >= 0.3 is 5.97 Å². The van der Waals surface area contributed by atoms with Crippen molar-refractivity contribution in [2.24, 2.45) is 0 Å². The zero-order valence-corrected chi connectivity index (χ0v) is 7.32. The molecule has 0 unspecified atom stereocenters. The molecule has 0 fully saturated rings. The lowest BCUT2D eigenvalue weighted by atomic mass is 10.8. The van der Waals surface area contributed by atoms with E-state index in [1.54, 1.807) is 0 Å². The molecule has 0 saturated carbocycles. The van der Waals surface area contributed by atoms with Crippen molar-refractivity contribution < 1.29 is 9.53 Å². The van der Waals surface area contributed by atoms with Crippen molar-refractivity contribution in [1.82, 2.24) is 0 Å². The van der Waals surface area contributed by atoms with Crippen LogP contribution in [-0.4, -0.2) is 13.1 Å². The summed E-state index contributed by atoms with van der Waals surface area (Å²) in [6.45, 7) is 9.36. The molecule has 2 nitrogen and oxygen atoms in total. The lowest BCUT2D eigenvalue weighted by Gasteiger charge is -1.80. The van der Waals surface area contributed by atoms with E-state index >= 15 is 0 Å². The Morgan fingerprint density at radius 2 is 1.22 bits per heavy atom. The molecule has 0 N–H and O–H groups in total. The Morgan fingerprint density at radius 1 is 1.11 bits per heavy atom. The first-order valence-corrected chi connectivity index (χ1v) is 3.32. The highest BCUT2D eigenvalue weighted by Crippen LogP contribution is 1.60. The molecule has 0 aliphatic heterocycles. The predicted octanol–water partition coefficient (Wildman–Crippen LogP) is 2.23. The molecule has 0 aromatic rings. The number of carbonyl (C=O) groups is 1. The predicted molar refractivity (Wildman–Crippen MR) is 40.4 cm³/mol. The van der Waals surface area contributed by atoms with Crippen LogP contribution in [0.3, 0.4) is 0 Å². The van der Waals surface area contributed by atoms with Crippen molar-refractivity contribution >= 4 is 5.97 Å². The van der Waals surface area contributed by atoms with E-state index in [9.17, 15) is 4.79 Å². The second-order valence-electron chi connectivity index (χ2n) is 0.696. The van der Waals surface area contributed by atoms with E-state index in [4.69, 9.17) is 0 Å². The minimum Gasteiger partial charge on any atom is -0.469 e. The first-order valence-electron chi connectivity index (χ1n) is 3.32. The molecule has 2 heteroatoms. The van der Waals surface area contributed by atoms with Crippen molar-refractivity contribution in [3.05, 3.63) is 0 Å². The Morgan fingerprint density at radius 3 is 1.22 bits per heavy atom. The van der Waals surface area contributed by atoms with E-state index in [1.165, 1.54) is 14.0 Å². The Balaban J connectivity index is -0.0000000771. The fourth-order valence-corrected chi connectivity index (χ4v) is 0. The van der Waals surface area contributed by atoms with E-state index < -0.39 is 0 Å². The highest BCUT2D eigenvalue weighted by atomic mass is 16.5. The molecule has 0 amide bonds. The molecular formula is C7H18O2. The van der Waals surface area contributed by atoms with Crippen LogP contribution in [0.4, 0.5) is 0 Å². The average Bonchev–Trinajstić information content (AvgIpc) is 1.97.